The summed E-state index contributed by atoms with van der Waals surface area (Å²) in [6, 6.07) is 6.69. The van der Waals surface area contributed by atoms with Gasteiger partial charge in [-0.2, -0.15) is 0 Å². The number of hydrogen-bond acceptors (Lipinski definition) is 5. The van der Waals surface area contributed by atoms with Gasteiger partial charge in [0.25, 0.3) is 11.8 Å². The summed E-state index contributed by atoms with van der Waals surface area (Å²) < 4.78 is 2.03. The summed E-state index contributed by atoms with van der Waals surface area (Å²) in [5, 5.41) is 0. The number of fused-ring (bicyclic) bond motifs is 1. The number of carbonyl (C=O) groups excluding carboxylic acids is 3. The molecule has 0 bridgehead atoms. The molecule has 0 radical (unpaired) electrons. The van der Waals surface area contributed by atoms with Crippen LogP contribution in [-0.4, -0.2) is 81.2 Å². The van der Waals surface area contributed by atoms with E-state index >= 15 is 0 Å². The summed E-state index contributed by atoms with van der Waals surface area (Å²) in [5.74, 6) is -0.954. The van der Waals surface area contributed by atoms with Crippen LogP contribution in [0.25, 0.3) is 0 Å². The maximum Gasteiger partial charge on any atom is 0.262 e. The van der Waals surface area contributed by atoms with Gasteiger partial charge in [-0.3, -0.25) is 24.2 Å². The van der Waals surface area contributed by atoms with Crippen molar-refractivity contribution in [1.29, 1.82) is 0 Å². The molecule has 3 heterocycles. The number of hydrogen-bond donors (Lipinski definition) is 0. The van der Waals surface area contributed by atoms with Crippen LogP contribution in [0, 0.1) is 0 Å². The van der Waals surface area contributed by atoms with Crippen LogP contribution < -0.4 is 0 Å². The van der Waals surface area contributed by atoms with Crippen molar-refractivity contribution < 1.29 is 14.4 Å². The molecule has 3 amide bonds. The standard InChI is InChI=1S/C19H21N5O3/c25-17(13-24-18(26)15-3-1-2-4-16(15)19(24)27)23-11-9-21(10-12-23)7-8-22-6-5-20-14-22/h1-6,14H,7-13H2. The van der Waals surface area contributed by atoms with Gasteiger partial charge in [-0.25, -0.2) is 4.98 Å². The number of aromatic nitrogens is 2. The maximum atomic E-state index is 12.6. The average molecular weight is 367 g/mol. The predicted molar refractivity (Wildman–Crippen MR) is 97.1 cm³/mol. The van der Waals surface area contributed by atoms with Crippen LogP contribution in [0.2, 0.25) is 0 Å². The Balaban J connectivity index is 1.29. The molecule has 0 aliphatic carbocycles. The zero-order valence-corrected chi connectivity index (χ0v) is 15.0. The van der Waals surface area contributed by atoms with Gasteiger partial charge in [0.15, 0.2) is 0 Å². The molecule has 1 aromatic heterocycles. The Morgan fingerprint density at radius 1 is 0.963 bits per heavy atom. The molecule has 1 aromatic carbocycles. The quantitative estimate of drug-likeness (QED) is 0.712. The van der Waals surface area contributed by atoms with Gasteiger partial charge in [0, 0.05) is 51.7 Å². The lowest BCUT2D eigenvalue weighted by Gasteiger charge is -2.35. The van der Waals surface area contributed by atoms with E-state index in [1.807, 2.05) is 10.8 Å². The van der Waals surface area contributed by atoms with Crippen LogP contribution in [0.15, 0.2) is 43.0 Å². The van der Waals surface area contributed by atoms with Crippen molar-refractivity contribution in [2.75, 3.05) is 39.3 Å². The van der Waals surface area contributed by atoms with Crippen LogP contribution in [0.5, 0.6) is 0 Å². The minimum Gasteiger partial charge on any atom is -0.339 e. The maximum absolute atomic E-state index is 12.6. The number of benzene rings is 1. The Labute approximate surface area is 157 Å². The Hall–Kier alpha value is -3.00. The van der Waals surface area contributed by atoms with Crippen molar-refractivity contribution in [2.45, 2.75) is 6.54 Å². The van der Waals surface area contributed by atoms with Crippen molar-refractivity contribution in [1.82, 2.24) is 24.3 Å². The highest BCUT2D eigenvalue weighted by Gasteiger charge is 2.37. The summed E-state index contributed by atoms with van der Waals surface area (Å²) in [5.41, 5.74) is 0.749. The minimum absolute atomic E-state index is 0.182. The Morgan fingerprint density at radius 3 is 2.22 bits per heavy atom. The largest absolute Gasteiger partial charge is 0.339 e. The van der Waals surface area contributed by atoms with E-state index in [0.717, 1.165) is 31.1 Å². The third kappa shape index (κ3) is 3.48. The Kier molecular flexibility index (Phi) is 4.72. The van der Waals surface area contributed by atoms with E-state index in [4.69, 9.17) is 0 Å². The summed E-state index contributed by atoms with van der Waals surface area (Å²) in [4.78, 5) is 46.5. The molecule has 0 atom stereocenters. The van der Waals surface area contributed by atoms with E-state index in [-0.39, 0.29) is 24.3 Å². The van der Waals surface area contributed by atoms with E-state index in [1.165, 1.54) is 0 Å². The van der Waals surface area contributed by atoms with Gasteiger partial charge in [-0.1, -0.05) is 12.1 Å². The molecule has 0 N–H and O–H groups in total. The lowest BCUT2D eigenvalue weighted by atomic mass is 10.1. The summed E-state index contributed by atoms with van der Waals surface area (Å²) in [7, 11) is 0. The molecule has 2 aromatic rings. The van der Waals surface area contributed by atoms with Crippen LogP contribution in [-0.2, 0) is 11.3 Å². The molecule has 0 unspecified atom stereocenters. The smallest absolute Gasteiger partial charge is 0.262 e. The molecular formula is C19H21N5O3. The Morgan fingerprint density at radius 2 is 1.63 bits per heavy atom. The highest BCUT2D eigenvalue weighted by Crippen LogP contribution is 2.22. The number of amides is 3. The highest BCUT2D eigenvalue weighted by atomic mass is 16.2. The van der Waals surface area contributed by atoms with Crippen molar-refractivity contribution in [3.63, 3.8) is 0 Å². The second-order valence-electron chi connectivity index (χ2n) is 6.76. The number of carbonyl (C=O) groups is 3. The minimum atomic E-state index is -0.386. The number of piperazine rings is 1. The molecule has 2 aliphatic rings. The predicted octanol–water partition coefficient (Wildman–Crippen LogP) is 0.324. The van der Waals surface area contributed by atoms with Gasteiger partial charge in [-0.15, -0.1) is 0 Å². The number of nitrogens with zero attached hydrogens (tertiary/aromatic N) is 5. The van der Waals surface area contributed by atoms with Crippen molar-refractivity contribution in [3.8, 4) is 0 Å². The van der Waals surface area contributed by atoms with Gasteiger partial charge >= 0.3 is 0 Å². The normalized spacial score (nSPS) is 17.5. The second kappa shape index (κ2) is 7.32. The third-order valence-corrected chi connectivity index (χ3v) is 5.13. The lowest BCUT2D eigenvalue weighted by molar-refractivity contribution is -0.133. The summed E-state index contributed by atoms with van der Waals surface area (Å²) in [6.07, 6.45) is 5.49. The van der Waals surface area contributed by atoms with E-state index < -0.39 is 0 Å². The molecule has 27 heavy (non-hydrogen) atoms. The van der Waals surface area contributed by atoms with Crippen LogP contribution in [0.1, 0.15) is 20.7 Å². The number of imide groups is 1. The Bertz CT molecular complexity index is 821. The van der Waals surface area contributed by atoms with E-state index in [2.05, 4.69) is 9.88 Å². The van der Waals surface area contributed by atoms with E-state index in [9.17, 15) is 14.4 Å². The van der Waals surface area contributed by atoms with Crippen molar-refractivity contribution in [3.05, 3.63) is 54.1 Å². The van der Waals surface area contributed by atoms with Gasteiger partial charge in [0.05, 0.1) is 17.5 Å². The zero-order chi connectivity index (χ0) is 18.8. The van der Waals surface area contributed by atoms with Crippen molar-refractivity contribution in [2.24, 2.45) is 0 Å². The topological polar surface area (TPSA) is 78.8 Å². The van der Waals surface area contributed by atoms with Gasteiger partial charge in [-0.05, 0) is 12.1 Å². The number of imidazole rings is 1. The van der Waals surface area contributed by atoms with E-state index in [0.29, 0.717) is 24.2 Å². The van der Waals surface area contributed by atoms with Gasteiger partial charge in [0.1, 0.15) is 6.54 Å². The second-order valence-corrected chi connectivity index (χ2v) is 6.76. The molecule has 1 saturated heterocycles. The van der Waals surface area contributed by atoms with Crippen LogP contribution in [0.4, 0.5) is 0 Å². The highest BCUT2D eigenvalue weighted by molar-refractivity contribution is 6.22. The molecule has 4 rings (SSSR count). The fourth-order valence-electron chi connectivity index (χ4n) is 3.51. The molecule has 8 nitrogen and oxygen atoms in total. The number of rotatable bonds is 5. The van der Waals surface area contributed by atoms with Crippen LogP contribution in [0.3, 0.4) is 0 Å². The molecule has 2 aliphatic heterocycles. The first kappa shape index (κ1) is 17.4. The fraction of sp³-hybridized carbons (Fsp3) is 0.368. The lowest BCUT2D eigenvalue weighted by Crippen LogP contribution is -2.52. The summed E-state index contributed by atoms with van der Waals surface area (Å²) >= 11 is 0. The molecule has 8 heteroatoms. The molecule has 1 fully saturated rings. The first-order valence-corrected chi connectivity index (χ1v) is 9.04. The first-order valence-electron chi connectivity index (χ1n) is 9.04. The fourth-order valence-corrected chi connectivity index (χ4v) is 3.51. The third-order valence-electron chi connectivity index (χ3n) is 5.13. The zero-order valence-electron chi connectivity index (χ0n) is 15.0. The molecule has 0 saturated carbocycles. The molecule has 0 spiro atoms. The monoisotopic (exact) mass is 367 g/mol. The van der Waals surface area contributed by atoms with E-state index in [1.54, 1.807) is 41.7 Å². The average Bonchev–Trinajstić information content (AvgIpc) is 3.30. The van der Waals surface area contributed by atoms with Crippen molar-refractivity contribution >= 4 is 17.7 Å². The van der Waals surface area contributed by atoms with Gasteiger partial charge < -0.3 is 9.47 Å². The SMILES string of the molecule is O=C(CN1C(=O)c2ccccc2C1=O)N1CCN(CCn2ccnc2)CC1. The molecular weight excluding hydrogens is 346 g/mol. The first-order chi connectivity index (χ1) is 13.1. The van der Waals surface area contributed by atoms with Gasteiger partial charge in [0.2, 0.25) is 5.91 Å². The molecule has 140 valence electrons. The summed E-state index contributed by atoms with van der Waals surface area (Å²) in [6.45, 7) is 4.34. The van der Waals surface area contributed by atoms with Crippen LogP contribution >= 0.6 is 0 Å².